The number of piperazine rings is 1. The van der Waals surface area contributed by atoms with E-state index in [0.717, 1.165) is 16.7 Å². The van der Waals surface area contributed by atoms with Gasteiger partial charge >= 0.3 is 12.1 Å². The number of fused-ring (bicyclic) bond motifs is 1. The molecule has 0 radical (unpaired) electrons. The molecule has 1 aromatic rings. The van der Waals surface area contributed by atoms with E-state index in [1.807, 2.05) is 6.92 Å². The molecule has 2 heterocycles. The maximum absolute atomic E-state index is 12.6. The lowest BCUT2D eigenvalue weighted by Gasteiger charge is -2.39. The Labute approximate surface area is 156 Å². The average molecular weight is 364 g/mol. The van der Waals surface area contributed by atoms with Crippen molar-refractivity contribution in [3.63, 3.8) is 0 Å². The topological polar surface area (TPSA) is 88.1 Å². The lowest BCUT2D eigenvalue weighted by atomic mass is 9.92. The Morgan fingerprint density at radius 3 is 2.85 bits per heavy atom. The number of cyclic esters (lactones) is 1. The van der Waals surface area contributed by atoms with Crippen LogP contribution in [-0.4, -0.2) is 53.4 Å². The van der Waals surface area contributed by atoms with E-state index in [9.17, 15) is 14.7 Å². The molecule has 1 aromatic carbocycles. The third-order valence-corrected chi connectivity index (χ3v) is 4.60. The van der Waals surface area contributed by atoms with E-state index in [-0.39, 0.29) is 25.7 Å². The van der Waals surface area contributed by atoms with E-state index in [4.69, 9.17) is 12.2 Å². The maximum Gasteiger partial charge on any atom is 0.410 e. The Bertz CT molecular complexity index is 801. The van der Waals surface area contributed by atoms with Gasteiger partial charge in [0.1, 0.15) is 12.2 Å². The van der Waals surface area contributed by atoms with Crippen LogP contribution >= 0.6 is 0 Å². The monoisotopic (exact) mass is 364 g/mol. The van der Waals surface area contributed by atoms with Crippen molar-refractivity contribution < 1.29 is 26.9 Å². The Kier molecular flexibility index (Phi) is 4.26. The Hall–Kier alpha value is -2.12. The molecule has 7 nitrogen and oxygen atoms in total. The van der Waals surface area contributed by atoms with Gasteiger partial charge in [-0.3, -0.25) is 0 Å². The second-order valence-corrected chi connectivity index (χ2v) is 7.67. The van der Waals surface area contributed by atoms with E-state index in [0.29, 0.717) is 5.56 Å². The molecule has 1 saturated heterocycles. The fourth-order valence-electron chi connectivity index (χ4n) is 3.35. The first kappa shape index (κ1) is 16.1. The number of ether oxygens (including phenoxy) is 2. The van der Waals surface area contributed by atoms with Gasteiger partial charge in [0, 0.05) is 24.7 Å². The number of hydrogen-bond acceptors (Lipinski definition) is 6. The summed E-state index contributed by atoms with van der Waals surface area (Å²) in [7, 11) is 0. The molecule has 2 aliphatic rings. The zero-order valence-corrected chi connectivity index (χ0v) is 15.5. The molecule has 0 aromatic heterocycles. The van der Waals surface area contributed by atoms with Gasteiger partial charge in [0.25, 0.3) is 0 Å². The van der Waals surface area contributed by atoms with Crippen molar-refractivity contribution >= 4 is 12.1 Å². The highest BCUT2D eigenvalue weighted by atomic mass is 16.6. The first-order valence-corrected chi connectivity index (χ1v) is 8.62. The van der Waals surface area contributed by atoms with Crippen LogP contribution in [0.2, 0.25) is 0 Å². The van der Waals surface area contributed by atoms with Crippen LogP contribution in [0, 0.1) is 6.92 Å². The first-order valence-electron chi connectivity index (χ1n) is 9.62. The van der Waals surface area contributed by atoms with E-state index >= 15 is 0 Å². The van der Waals surface area contributed by atoms with Crippen LogP contribution < -0.4 is 5.32 Å². The Balaban J connectivity index is 1.92. The van der Waals surface area contributed by atoms with Crippen molar-refractivity contribution in [1.82, 2.24) is 10.2 Å². The minimum atomic E-state index is -2.53. The number of hydrogen-bond donors (Lipinski definition) is 2. The van der Waals surface area contributed by atoms with Crippen molar-refractivity contribution in [2.75, 3.05) is 19.6 Å². The number of carbonyl (C=O) groups is 2. The third kappa shape index (κ3) is 3.68. The molecule has 142 valence electrons. The Morgan fingerprint density at radius 2 is 2.19 bits per heavy atom. The first-order chi connectivity index (χ1) is 12.9. The summed E-state index contributed by atoms with van der Waals surface area (Å²) < 4.78 is 25.9. The number of carbonyl (C=O) groups excluding carboxylic acids is 2. The second kappa shape index (κ2) is 6.89. The zero-order valence-electron chi connectivity index (χ0n) is 17.5. The van der Waals surface area contributed by atoms with Gasteiger partial charge in [-0.25, -0.2) is 9.59 Å². The largest absolute Gasteiger partial charge is 0.457 e. The molecule has 2 atom stereocenters. The number of aliphatic hydroxyl groups is 1. The molecule has 0 aliphatic carbocycles. The second-order valence-electron chi connectivity index (χ2n) is 7.67. The van der Waals surface area contributed by atoms with E-state index < -0.39 is 30.3 Å². The van der Waals surface area contributed by atoms with Gasteiger partial charge in [-0.15, -0.1) is 0 Å². The van der Waals surface area contributed by atoms with Gasteiger partial charge in [-0.05, 0) is 44.9 Å². The molecule has 1 amide bonds. The van der Waals surface area contributed by atoms with Gasteiger partial charge in [0.05, 0.1) is 20.9 Å². The van der Waals surface area contributed by atoms with Gasteiger partial charge in [0.2, 0.25) is 0 Å². The normalized spacial score (nSPS) is 24.5. The standard InChI is InChI=1S/C19H26N2O5/c1-11-13(5-6-14-15(11)10-25-17(14)23)16-8-21(7-12(9-22)20-16)18(24)26-19(2,3)4/h5-6,12,16,20,22H,7-10H2,1-4H3/i9D2. The summed E-state index contributed by atoms with van der Waals surface area (Å²) >= 11 is 0. The highest BCUT2D eigenvalue weighted by molar-refractivity contribution is 5.94. The number of benzene rings is 1. The number of amides is 1. The summed E-state index contributed by atoms with van der Waals surface area (Å²) in [6.07, 6.45) is -0.564. The van der Waals surface area contributed by atoms with Crippen molar-refractivity contribution in [3.8, 4) is 0 Å². The molecule has 7 heteroatoms. The summed E-state index contributed by atoms with van der Waals surface area (Å²) in [6, 6.07) is 2.03. The zero-order chi connectivity index (χ0) is 20.9. The number of nitrogens with one attached hydrogen (secondary N) is 1. The summed E-state index contributed by atoms with van der Waals surface area (Å²) in [5.41, 5.74) is 2.30. The van der Waals surface area contributed by atoms with Crippen molar-refractivity contribution in [2.24, 2.45) is 0 Å². The minimum absolute atomic E-state index is 0.0273. The lowest BCUT2D eigenvalue weighted by Crippen LogP contribution is -2.56. The smallest absolute Gasteiger partial charge is 0.410 e. The highest BCUT2D eigenvalue weighted by Gasteiger charge is 2.34. The molecule has 0 spiro atoms. The predicted octanol–water partition coefficient (Wildman–Crippen LogP) is 1.91. The fourth-order valence-corrected chi connectivity index (χ4v) is 3.35. The van der Waals surface area contributed by atoms with Crippen molar-refractivity contribution in [3.05, 3.63) is 34.4 Å². The van der Waals surface area contributed by atoms with Crippen LogP contribution in [0.1, 0.15) is 56.6 Å². The highest BCUT2D eigenvalue weighted by Crippen LogP contribution is 2.31. The van der Waals surface area contributed by atoms with Crippen LogP contribution in [0.5, 0.6) is 0 Å². The molecular formula is C19H26N2O5. The van der Waals surface area contributed by atoms with Crippen LogP contribution in [0.4, 0.5) is 4.79 Å². The summed E-state index contributed by atoms with van der Waals surface area (Å²) in [6.45, 7) is 5.03. The molecule has 0 saturated carbocycles. The van der Waals surface area contributed by atoms with Crippen LogP contribution in [0.3, 0.4) is 0 Å². The fraction of sp³-hybridized carbons (Fsp3) is 0.579. The van der Waals surface area contributed by atoms with E-state index in [1.165, 1.54) is 4.90 Å². The van der Waals surface area contributed by atoms with E-state index in [2.05, 4.69) is 5.32 Å². The lowest BCUT2D eigenvalue weighted by molar-refractivity contribution is 0.0122. The molecular weight excluding hydrogens is 336 g/mol. The van der Waals surface area contributed by atoms with Gasteiger partial charge in [0.15, 0.2) is 0 Å². The summed E-state index contributed by atoms with van der Waals surface area (Å²) in [4.78, 5) is 25.8. The number of rotatable bonds is 2. The maximum atomic E-state index is 12.6. The van der Waals surface area contributed by atoms with Crippen LogP contribution in [0.25, 0.3) is 0 Å². The quantitative estimate of drug-likeness (QED) is 0.780. The summed E-state index contributed by atoms with van der Waals surface area (Å²) in [5, 5.41) is 13.0. The molecule has 2 aliphatic heterocycles. The molecule has 3 rings (SSSR count). The van der Waals surface area contributed by atoms with Crippen LogP contribution in [-0.2, 0) is 16.1 Å². The summed E-state index contributed by atoms with van der Waals surface area (Å²) in [5.74, 6) is -0.360. The molecule has 1 fully saturated rings. The predicted molar refractivity (Wildman–Crippen MR) is 94.9 cm³/mol. The number of nitrogens with zero attached hydrogens (tertiary/aromatic N) is 1. The minimum Gasteiger partial charge on any atom is -0.457 e. The molecule has 26 heavy (non-hydrogen) atoms. The molecule has 2 unspecified atom stereocenters. The van der Waals surface area contributed by atoms with Crippen molar-refractivity contribution in [2.45, 2.75) is 52.0 Å². The average Bonchev–Trinajstić information content (AvgIpc) is 2.94. The van der Waals surface area contributed by atoms with Gasteiger partial charge in [-0.1, -0.05) is 6.07 Å². The molecule has 0 bridgehead atoms. The Morgan fingerprint density at radius 1 is 1.46 bits per heavy atom. The van der Waals surface area contributed by atoms with Crippen LogP contribution in [0.15, 0.2) is 12.1 Å². The SMILES string of the molecule is [2H]C([2H])(O)C1CN(C(=O)OC(C)(C)C)CC(c2ccc3c(c2C)COC3=O)N1. The number of esters is 1. The van der Waals surface area contributed by atoms with Gasteiger partial charge < -0.3 is 24.8 Å². The molecule has 2 N–H and O–H groups in total. The van der Waals surface area contributed by atoms with Crippen molar-refractivity contribution in [1.29, 1.82) is 0 Å². The third-order valence-electron chi connectivity index (χ3n) is 4.60. The van der Waals surface area contributed by atoms with Gasteiger partial charge in [-0.2, -0.15) is 0 Å². The van der Waals surface area contributed by atoms with E-state index in [1.54, 1.807) is 32.9 Å².